The van der Waals surface area contributed by atoms with Crippen LogP contribution in [-0.2, 0) is 0 Å². The monoisotopic (exact) mass is 179 g/mol. The van der Waals surface area contributed by atoms with Crippen molar-refractivity contribution in [3.05, 3.63) is 23.8 Å². The Balaban J connectivity index is 0.000000671. The van der Waals surface area contributed by atoms with Gasteiger partial charge in [0, 0.05) is 14.1 Å². The van der Waals surface area contributed by atoms with Gasteiger partial charge in [-0.25, -0.2) is 0 Å². The van der Waals surface area contributed by atoms with Gasteiger partial charge in [-0.2, -0.15) is 0 Å². The summed E-state index contributed by atoms with van der Waals surface area (Å²) >= 11 is 0. The van der Waals surface area contributed by atoms with E-state index in [1.165, 1.54) is 12.6 Å². The minimum absolute atomic E-state index is 0.957. The molecule has 0 fully saturated rings. The maximum atomic E-state index is 4.50. The first-order valence-corrected chi connectivity index (χ1v) is 4.16. The van der Waals surface area contributed by atoms with E-state index in [2.05, 4.69) is 15.7 Å². The van der Waals surface area contributed by atoms with E-state index in [4.69, 9.17) is 0 Å². The number of aliphatic imine (C=N–C) groups is 2. The highest BCUT2D eigenvalue weighted by Crippen LogP contribution is 2.05. The Bertz CT molecular complexity index is 270. The highest BCUT2D eigenvalue weighted by molar-refractivity contribution is 6.51. The summed E-state index contributed by atoms with van der Waals surface area (Å²) in [7, 11) is 5.06. The molecular formula is C10H17N3. The summed E-state index contributed by atoms with van der Waals surface area (Å²) in [4.78, 5) is 8.20. The van der Waals surface area contributed by atoms with Crippen molar-refractivity contribution in [3.63, 3.8) is 0 Å². The molecule has 0 amide bonds. The van der Waals surface area contributed by atoms with Gasteiger partial charge in [-0.15, -0.1) is 0 Å². The lowest BCUT2D eigenvalue weighted by Gasteiger charge is -2.05. The molecule has 0 saturated carbocycles. The maximum absolute atomic E-state index is 4.50. The number of nitrogens with zero attached hydrogens (tertiary/aromatic N) is 2. The minimum Gasteiger partial charge on any atom is -0.333 e. The first-order chi connectivity index (χ1) is 6.27. The quantitative estimate of drug-likeness (QED) is 0.558. The smallest absolute Gasteiger partial charge is 0.0825 e. The highest BCUT2D eigenvalue weighted by Gasteiger charge is 2.04. The van der Waals surface area contributed by atoms with Gasteiger partial charge in [0.25, 0.3) is 0 Å². The van der Waals surface area contributed by atoms with Crippen LogP contribution in [0.5, 0.6) is 0 Å². The van der Waals surface area contributed by atoms with Crippen molar-refractivity contribution in [2.45, 2.75) is 6.92 Å². The zero-order valence-electron chi connectivity index (χ0n) is 8.70. The fraction of sp³-hybridized carbons (Fsp3) is 0.400. The van der Waals surface area contributed by atoms with Gasteiger partial charge in [-0.3, -0.25) is 9.98 Å². The van der Waals surface area contributed by atoms with Crippen molar-refractivity contribution >= 4 is 11.4 Å². The number of rotatable bonds is 0. The molecule has 72 valence electrons. The van der Waals surface area contributed by atoms with Crippen molar-refractivity contribution < 1.29 is 0 Å². The van der Waals surface area contributed by atoms with Crippen molar-refractivity contribution in [2.24, 2.45) is 15.7 Å². The molecule has 2 N–H and O–H groups in total. The van der Waals surface area contributed by atoms with E-state index in [0.717, 1.165) is 11.4 Å². The molecule has 0 aliphatic heterocycles. The summed E-state index contributed by atoms with van der Waals surface area (Å²) in [6, 6.07) is 0. The largest absolute Gasteiger partial charge is 0.333 e. The van der Waals surface area contributed by atoms with Gasteiger partial charge in [-0.05, 0) is 31.7 Å². The summed E-state index contributed by atoms with van der Waals surface area (Å²) in [5.74, 6) is 0. The average Bonchev–Trinajstić information content (AvgIpc) is 2.20. The maximum Gasteiger partial charge on any atom is 0.0825 e. The predicted molar refractivity (Wildman–Crippen MR) is 59.7 cm³/mol. The van der Waals surface area contributed by atoms with E-state index in [-0.39, 0.29) is 0 Å². The van der Waals surface area contributed by atoms with Crippen LogP contribution in [-0.4, -0.2) is 32.6 Å². The third-order valence-corrected chi connectivity index (χ3v) is 1.61. The van der Waals surface area contributed by atoms with Gasteiger partial charge in [0.2, 0.25) is 0 Å². The van der Waals surface area contributed by atoms with Crippen LogP contribution in [0, 0.1) is 0 Å². The van der Waals surface area contributed by atoms with Crippen molar-refractivity contribution in [1.29, 1.82) is 0 Å². The third-order valence-electron chi connectivity index (χ3n) is 1.61. The average molecular weight is 179 g/mol. The van der Waals surface area contributed by atoms with Crippen molar-refractivity contribution in [2.75, 3.05) is 21.1 Å². The molecule has 13 heavy (non-hydrogen) atoms. The molecule has 1 aliphatic carbocycles. The SMILES string of the molecule is CN.CN=C1C=CC(C)=CC1=NC. The zero-order valence-corrected chi connectivity index (χ0v) is 8.70. The van der Waals surface area contributed by atoms with Crippen LogP contribution in [0.1, 0.15) is 6.92 Å². The van der Waals surface area contributed by atoms with Gasteiger partial charge in [0.15, 0.2) is 0 Å². The Hall–Kier alpha value is -1.22. The second-order valence-electron chi connectivity index (χ2n) is 2.44. The molecule has 0 atom stereocenters. The Morgan fingerprint density at radius 3 is 2.00 bits per heavy atom. The summed E-state index contributed by atoms with van der Waals surface area (Å²) in [5, 5.41) is 0. The molecular weight excluding hydrogens is 162 g/mol. The van der Waals surface area contributed by atoms with Crippen LogP contribution in [0.4, 0.5) is 0 Å². The lowest BCUT2D eigenvalue weighted by Crippen LogP contribution is -2.12. The molecule has 3 nitrogen and oxygen atoms in total. The molecule has 0 heterocycles. The molecule has 0 aromatic heterocycles. The van der Waals surface area contributed by atoms with E-state index < -0.39 is 0 Å². The Kier molecular flexibility index (Phi) is 5.72. The first kappa shape index (κ1) is 11.8. The van der Waals surface area contributed by atoms with Crippen LogP contribution in [0.3, 0.4) is 0 Å². The second kappa shape index (κ2) is 6.31. The van der Waals surface area contributed by atoms with Gasteiger partial charge in [0.05, 0.1) is 11.4 Å². The van der Waals surface area contributed by atoms with Crippen LogP contribution >= 0.6 is 0 Å². The Morgan fingerprint density at radius 1 is 1.00 bits per heavy atom. The molecule has 0 radical (unpaired) electrons. The molecule has 0 bridgehead atoms. The number of nitrogens with two attached hydrogens (primary N) is 1. The lowest BCUT2D eigenvalue weighted by molar-refractivity contribution is 1.41. The third kappa shape index (κ3) is 3.34. The summed E-state index contributed by atoms with van der Waals surface area (Å²) in [6.45, 7) is 2.05. The molecule has 1 aliphatic rings. The van der Waals surface area contributed by atoms with E-state index >= 15 is 0 Å². The van der Waals surface area contributed by atoms with Crippen molar-refractivity contribution in [3.8, 4) is 0 Å². The minimum atomic E-state index is 0.957. The Labute approximate surface area is 79.8 Å². The van der Waals surface area contributed by atoms with Crippen molar-refractivity contribution in [1.82, 2.24) is 0 Å². The van der Waals surface area contributed by atoms with Gasteiger partial charge >= 0.3 is 0 Å². The lowest BCUT2D eigenvalue weighted by atomic mass is 10.1. The van der Waals surface area contributed by atoms with Crippen LogP contribution in [0.15, 0.2) is 33.8 Å². The van der Waals surface area contributed by atoms with Crippen LogP contribution < -0.4 is 5.73 Å². The predicted octanol–water partition coefficient (Wildman–Crippen LogP) is 1.22. The summed E-state index contributed by atoms with van der Waals surface area (Å²) < 4.78 is 0. The topological polar surface area (TPSA) is 50.7 Å². The first-order valence-electron chi connectivity index (χ1n) is 4.16. The van der Waals surface area contributed by atoms with E-state index in [1.54, 1.807) is 14.1 Å². The van der Waals surface area contributed by atoms with Crippen LogP contribution in [0.25, 0.3) is 0 Å². The number of hydrogen-bond donors (Lipinski definition) is 1. The second-order valence-corrected chi connectivity index (χ2v) is 2.44. The van der Waals surface area contributed by atoms with Crippen LogP contribution in [0.2, 0.25) is 0 Å². The molecule has 0 aromatic rings. The highest BCUT2D eigenvalue weighted by atomic mass is 14.8. The molecule has 3 heteroatoms. The summed E-state index contributed by atoms with van der Waals surface area (Å²) in [6.07, 6.45) is 6.05. The normalized spacial score (nSPS) is 21.2. The number of allylic oxidation sites excluding steroid dienone is 4. The number of hydrogen-bond acceptors (Lipinski definition) is 3. The van der Waals surface area contributed by atoms with E-state index in [9.17, 15) is 0 Å². The van der Waals surface area contributed by atoms with E-state index in [0.29, 0.717) is 0 Å². The summed E-state index contributed by atoms with van der Waals surface area (Å²) in [5.41, 5.74) is 7.64. The molecule has 0 saturated heterocycles. The molecule has 0 aromatic carbocycles. The van der Waals surface area contributed by atoms with Gasteiger partial charge in [0.1, 0.15) is 0 Å². The standard InChI is InChI=1S/C9H12N2.CH5N/c1-7-4-5-8(10-2)9(6-7)11-3;1-2/h4-6H,1-3H3;2H2,1H3. The fourth-order valence-electron chi connectivity index (χ4n) is 1.00. The Morgan fingerprint density at radius 2 is 1.54 bits per heavy atom. The molecule has 0 unspecified atom stereocenters. The zero-order chi connectivity index (χ0) is 10.3. The van der Waals surface area contributed by atoms with Gasteiger partial charge < -0.3 is 5.73 Å². The fourth-order valence-corrected chi connectivity index (χ4v) is 1.00. The van der Waals surface area contributed by atoms with Gasteiger partial charge in [-0.1, -0.05) is 6.08 Å². The molecule has 0 spiro atoms. The molecule has 1 rings (SSSR count). The van der Waals surface area contributed by atoms with E-state index in [1.807, 2.05) is 25.2 Å².